The van der Waals surface area contributed by atoms with Gasteiger partial charge in [-0.1, -0.05) is 32.0 Å². The van der Waals surface area contributed by atoms with Crippen LogP contribution in [0.2, 0.25) is 0 Å². The molecular weight excluding hydrogens is 170 g/mol. The summed E-state index contributed by atoms with van der Waals surface area (Å²) in [6.45, 7) is 4.37. The van der Waals surface area contributed by atoms with E-state index < -0.39 is 0 Å². The lowest BCUT2D eigenvalue weighted by atomic mass is 10.00. The van der Waals surface area contributed by atoms with Gasteiger partial charge in [-0.2, -0.15) is 0 Å². The third kappa shape index (κ3) is 1.33. The Morgan fingerprint density at radius 2 is 2.00 bits per heavy atom. The minimum atomic E-state index is 0.947. The van der Waals surface area contributed by atoms with Crippen LogP contribution in [0.3, 0.4) is 0 Å². The second-order valence-electron chi connectivity index (χ2n) is 3.88. The monoisotopic (exact) mass is 187 g/mol. The summed E-state index contributed by atoms with van der Waals surface area (Å²) in [5.41, 5.74) is 12.6. The molecule has 0 amide bonds. The van der Waals surface area contributed by atoms with Crippen molar-refractivity contribution < 1.29 is 0 Å². The van der Waals surface area contributed by atoms with Crippen molar-refractivity contribution in [3.05, 3.63) is 40.6 Å². The standard InChI is InChI=1S/C13H17N/c1-3-9-5-6-10-8-13(14)11(4-2)12(10)7-9/h5-7H,3-4,8,14H2,1-2H3. The fourth-order valence-corrected chi connectivity index (χ4v) is 2.18. The lowest BCUT2D eigenvalue weighted by Crippen LogP contribution is -1.97. The summed E-state index contributed by atoms with van der Waals surface area (Å²) in [7, 11) is 0. The number of rotatable bonds is 2. The van der Waals surface area contributed by atoms with Gasteiger partial charge in [0.25, 0.3) is 0 Å². The third-order valence-electron chi connectivity index (χ3n) is 3.03. The Hall–Kier alpha value is -1.24. The Balaban J connectivity index is 2.49. The molecule has 0 atom stereocenters. The number of allylic oxidation sites excluding steroid dienone is 2. The van der Waals surface area contributed by atoms with Gasteiger partial charge in [-0.15, -0.1) is 0 Å². The van der Waals surface area contributed by atoms with Crippen LogP contribution in [-0.4, -0.2) is 0 Å². The predicted octanol–water partition coefficient (Wildman–Crippen LogP) is 2.88. The van der Waals surface area contributed by atoms with Gasteiger partial charge in [-0.3, -0.25) is 0 Å². The molecule has 0 spiro atoms. The average Bonchev–Trinajstić information content (AvgIpc) is 2.52. The minimum absolute atomic E-state index is 0.947. The van der Waals surface area contributed by atoms with Crippen molar-refractivity contribution in [3.63, 3.8) is 0 Å². The Kier molecular flexibility index (Phi) is 2.32. The molecule has 0 fully saturated rings. The first-order valence-electron chi connectivity index (χ1n) is 5.36. The first-order valence-corrected chi connectivity index (χ1v) is 5.36. The molecule has 0 saturated heterocycles. The van der Waals surface area contributed by atoms with Crippen LogP contribution in [0, 0.1) is 0 Å². The summed E-state index contributed by atoms with van der Waals surface area (Å²) in [5.74, 6) is 0. The van der Waals surface area contributed by atoms with E-state index in [1.54, 1.807) is 0 Å². The highest BCUT2D eigenvalue weighted by atomic mass is 14.6. The maximum atomic E-state index is 6.01. The highest BCUT2D eigenvalue weighted by Gasteiger charge is 2.17. The van der Waals surface area contributed by atoms with Gasteiger partial charge in [-0.25, -0.2) is 0 Å². The fraction of sp³-hybridized carbons (Fsp3) is 0.385. The van der Waals surface area contributed by atoms with Crippen LogP contribution < -0.4 is 5.73 Å². The van der Waals surface area contributed by atoms with E-state index in [-0.39, 0.29) is 0 Å². The molecule has 1 aliphatic rings. The quantitative estimate of drug-likeness (QED) is 0.757. The lowest BCUT2D eigenvalue weighted by Gasteiger charge is -2.05. The molecule has 1 aliphatic carbocycles. The highest BCUT2D eigenvalue weighted by molar-refractivity contribution is 5.76. The van der Waals surface area contributed by atoms with Gasteiger partial charge < -0.3 is 5.73 Å². The summed E-state index contributed by atoms with van der Waals surface area (Å²) in [5, 5.41) is 0. The normalized spacial score (nSPS) is 14.7. The SMILES string of the molecule is CCC1=C(N)Cc2ccc(CC)cc21. The summed E-state index contributed by atoms with van der Waals surface area (Å²) in [4.78, 5) is 0. The third-order valence-corrected chi connectivity index (χ3v) is 3.03. The summed E-state index contributed by atoms with van der Waals surface area (Å²) in [6.07, 6.45) is 3.10. The zero-order chi connectivity index (χ0) is 10.1. The maximum absolute atomic E-state index is 6.01. The van der Waals surface area contributed by atoms with Gasteiger partial charge in [0.2, 0.25) is 0 Å². The van der Waals surface area contributed by atoms with Crippen molar-refractivity contribution in [1.29, 1.82) is 0 Å². The van der Waals surface area contributed by atoms with Crippen molar-refractivity contribution >= 4 is 5.57 Å². The molecule has 2 rings (SSSR count). The van der Waals surface area contributed by atoms with Crippen LogP contribution in [-0.2, 0) is 12.8 Å². The number of aryl methyl sites for hydroxylation is 1. The molecule has 1 aromatic rings. The van der Waals surface area contributed by atoms with Crippen molar-refractivity contribution in [2.24, 2.45) is 5.73 Å². The molecule has 1 aromatic carbocycles. The molecule has 0 bridgehead atoms. The zero-order valence-electron chi connectivity index (χ0n) is 8.93. The lowest BCUT2D eigenvalue weighted by molar-refractivity contribution is 1.12. The van der Waals surface area contributed by atoms with Gasteiger partial charge in [0, 0.05) is 12.1 Å². The summed E-state index contributed by atoms with van der Waals surface area (Å²) in [6, 6.07) is 6.74. The number of nitrogens with two attached hydrogens (primary N) is 1. The molecule has 0 aliphatic heterocycles. The molecule has 14 heavy (non-hydrogen) atoms. The molecule has 0 aromatic heterocycles. The van der Waals surface area contributed by atoms with Crippen molar-refractivity contribution in [2.75, 3.05) is 0 Å². The first-order chi connectivity index (χ1) is 6.76. The van der Waals surface area contributed by atoms with E-state index in [2.05, 4.69) is 32.0 Å². The van der Waals surface area contributed by atoms with E-state index in [0.717, 1.165) is 25.0 Å². The Morgan fingerprint density at radius 3 is 2.64 bits per heavy atom. The first kappa shape index (κ1) is 9.32. The van der Waals surface area contributed by atoms with Crippen LogP contribution in [0.1, 0.15) is 37.0 Å². The molecule has 2 N–H and O–H groups in total. The smallest absolute Gasteiger partial charge is 0.0164 e. The van der Waals surface area contributed by atoms with E-state index >= 15 is 0 Å². The van der Waals surface area contributed by atoms with Gasteiger partial charge >= 0.3 is 0 Å². The van der Waals surface area contributed by atoms with Gasteiger partial charge in [-0.05, 0) is 35.1 Å². The number of hydrogen-bond acceptors (Lipinski definition) is 1. The van der Waals surface area contributed by atoms with E-state index in [0.29, 0.717) is 0 Å². The summed E-state index contributed by atoms with van der Waals surface area (Å²) < 4.78 is 0. The number of benzene rings is 1. The fourth-order valence-electron chi connectivity index (χ4n) is 2.18. The summed E-state index contributed by atoms with van der Waals surface area (Å²) >= 11 is 0. The van der Waals surface area contributed by atoms with Crippen LogP contribution in [0.25, 0.3) is 5.57 Å². The van der Waals surface area contributed by atoms with Gasteiger partial charge in [0.05, 0.1) is 0 Å². The predicted molar refractivity (Wildman–Crippen MR) is 60.9 cm³/mol. The van der Waals surface area contributed by atoms with Gasteiger partial charge in [0.15, 0.2) is 0 Å². The topological polar surface area (TPSA) is 26.0 Å². The van der Waals surface area contributed by atoms with Crippen LogP contribution in [0.5, 0.6) is 0 Å². The largest absolute Gasteiger partial charge is 0.402 e. The molecule has 0 unspecified atom stereocenters. The molecule has 0 heterocycles. The second kappa shape index (κ2) is 3.49. The molecule has 0 saturated carbocycles. The number of hydrogen-bond donors (Lipinski definition) is 1. The Bertz CT molecular complexity index is 388. The molecular formula is C13H17N. The molecule has 74 valence electrons. The highest BCUT2D eigenvalue weighted by Crippen LogP contribution is 2.33. The average molecular weight is 187 g/mol. The van der Waals surface area contributed by atoms with E-state index in [1.807, 2.05) is 0 Å². The molecule has 1 heteroatoms. The van der Waals surface area contributed by atoms with Crippen molar-refractivity contribution in [2.45, 2.75) is 33.1 Å². The van der Waals surface area contributed by atoms with Crippen molar-refractivity contribution in [3.8, 4) is 0 Å². The number of fused-ring (bicyclic) bond motifs is 1. The van der Waals surface area contributed by atoms with E-state index in [1.165, 1.54) is 22.3 Å². The van der Waals surface area contributed by atoms with E-state index in [4.69, 9.17) is 5.73 Å². The van der Waals surface area contributed by atoms with Crippen LogP contribution in [0.15, 0.2) is 23.9 Å². The van der Waals surface area contributed by atoms with Crippen LogP contribution >= 0.6 is 0 Å². The van der Waals surface area contributed by atoms with Crippen molar-refractivity contribution in [1.82, 2.24) is 0 Å². The molecule has 0 radical (unpaired) electrons. The maximum Gasteiger partial charge on any atom is 0.0164 e. The van der Waals surface area contributed by atoms with Crippen LogP contribution in [0.4, 0.5) is 0 Å². The second-order valence-corrected chi connectivity index (χ2v) is 3.88. The molecule has 1 nitrogen and oxygen atoms in total. The van der Waals surface area contributed by atoms with E-state index in [9.17, 15) is 0 Å². The Morgan fingerprint density at radius 1 is 1.21 bits per heavy atom. The zero-order valence-corrected chi connectivity index (χ0v) is 8.93. The van der Waals surface area contributed by atoms with Gasteiger partial charge in [0.1, 0.15) is 0 Å². The Labute approximate surface area is 85.6 Å². The minimum Gasteiger partial charge on any atom is -0.402 e.